The molecule has 0 unspecified atom stereocenters. The summed E-state index contributed by atoms with van der Waals surface area (Å²) < 4.78 is 5.09. The van der Waals surface area contributed by atoms with Crippen molar-refractivity contribution < 1.29 is 9.53 Å². The molecule has 116 valence electrons. The van der Waals surface area contributed by atoms with Crippen LogP contribution < -0.4 is 15.0 Å². The summed E-state index contributed by atoms with van der Waals surface area (Å²) in [5.74, 6) is 0.527. The second-order valence-electron chi connectivity index (χ2n) is 4.75. The average Bonchev–Trinajstić information content (AvgIpc) is 2.57. The summed E-state index contributed by atoms with van der Waals surface area (Å²) in [6.45, 7) is 5.95. The minimum atomic E-state index is -0.223. The third-order valence-corrected chi connectivity index (χ3v) is 3.45. The van der Waals surface area contributed by atoms with E-state index in [0.29, 0.717) is 11.4 Å². The van der Waals surface area contributed by atoms with Gasteiger partial charge in [-0.15, -0.1) is 0 Å². The summed E-state index contributed by atoms with van der Waals surface area (Å²) in [7, 11) is 1.61. The molecule has 0 fully saturated rings. The number of hydrogen-bond acceptors (Lipinski definition) is 4. The molecule has 0 aliphatic heterocycles. The van der Waals surface area contributed by atoms with Gasteiger partial charge in [0.05, 0.1) is 7.11 Å². The zero-order chi connectivity index (χ0) is 15.9. The number of amides is 1. The van der Waals surface area contributed by atoms with E-state index in [1.54, 1.807) is 37.6 Å². The number of hydrogen-bond donors (Lipinski definition) is 1. The number of carbonyl (C=O) groups is 1. The second kappa shape index (κ2) is 7.45. The summed E-state index contributed by atoms with van der Waals surface area (Å²) in [4.78, 5) is 18.6. The zero-order valence-corrected chi connectivity index (χ0v) is 13.2. The third kappa shape index (κ3) is 3.75. The number of anilines is 2. The maximum Gasteiger partial charge on any atom is 0.274 e. The number of pyridine rings is 1. The molecule has 5 nitrogen and oxygen atoms in total. The van der Waals surface area contributed by atoms with Crippen LogP contribution in [0.3, 0.4) is 0 Å². The maximum atomic E-state index is 12.3. The van der Waals surface area contributed by atoms with Crippen LogP contribution in [-0.4, -0.2) is 31.1 Å². The topological polar surface area (TPSA) is 54.5 Å². The zero-order valence-electron chi connectivity index (χ0n) is 13.2. The van der Waals surface area contributed by atoms with Gasteiger partial charge in [-0.25, -0.2) is 0 Å². The van der Waals surface area contributed by atoms with Gasteiger partial charge in [-0.2, -0.15) is 0 Å². The molecule has 0 bridgehead atoms. The van der Waals surface area contributed by atoms with Crippen LogP contribution >= 0.6 is 0 Å². The fourth-order valence-electron chi connectivity index (χ4n) is 2.20. The molecule has 2 rings (SSSR count). The van der Waals surface area contributed by atoms with Gasteiger partial charge in [-0.3, -0.25) is 9.78 Å². The molecule has 0 saturated carbocycles. The molecule has 22 heavy (non-hydrogen) atoms. The van der Waals surface area contributed by atoms with Gasteiger partial charge in [0, 0.05) is 30.7 Å². The van der Waals surface area contributed by atoms with Crippen molar-refractivity contribution in [1.29, 1.82) is 0 Å². The van der Waals surface area contributed by atoms with Crippen molar-refractivity contribution in [3.05, 3.63) is 48.3 Å². The number of ether oxygens (including phenoxy) is 1. The lowest BCUT2D eigenvalue weighted by Crippen LogP contribution is -2.22. The minimum Gasteiger partial charge on any atom is -0.497 e. The van der Waals surface area contributed by atoms with Gasteiger partial charge in [0.2, 0.25) is 0 Å². The van der Waals surface area contributed by atoms with E-state index in [0.717, 1.165) is 24.5 Å². The molecular weight excluding hydrogens is 278 g/mol. The van der Waals surface area contributed by atoms with Crippen molar-refractivity contribution in [2.75, 3.05) is 30.4 Å². The van der Waals surface area contributed by atoms with E-state index < -0.39 is 0 Å². The normalized spacial score (nSPS) is 10.1. The largest absolute Gasteiger partial charge is 0.497 e. The molecular formula is C17H21N3O2. The number of carbonyl (C=O) groups excluding carboxylic acids is 1. The Kier molecular flexibility index (Phi) is 5.36. The molecule has 0 atom stereocenters. The molecule has 0 spiro atoms. The van der Waals surface area contributed by atoms with E-state index in [9.17, 15) is 4.79 Å². The number of benzene rings is 1. The van der Waals surface area contributed by atoms with Gasteiger partial charge in [0.1, 0.15) is 11.4 Å². The van der Waals surface area contributed by atoms with Crippen molar-refractivity contribution in [1.82, 2.24) is 4.98 Å². The molecule has 0 saturated heterocycles. The predicted octanol–water partition coefficient (Wildman–Crippen LogP) is 3.19. The van der Waals surface area contributed by atoms with Crippen LogP contribution in [0.1, 0.15) is 24.3 Å². The number of rotatable bonds is 6. The first kappa shape index (κ1) is 15.8. The molecule has 0 radical (unpaired) electrons. The number of nitrogens with one attached hydrogen (secondary N) is 1. The standard InChI is InChI=1S/C17H21N3O2/c1-4-20(5-2)14-10-11-18-16(12-14)17(21)19-13-6-8-15(22-3)9-7-13/h6-12H,4-5H2,1-3H3,(H,19,21). The maximum absolute atomic E-state index is 12.3. The van der Waals surface area contributed by atoms with Crippen LogP contribution in [0.15, 0.2) is 42.6 Å². The van der Waals surface area contributed by atoms with Gasteiger partial charge in [-0.1, -0.05) is 0 Å². The van der Waals surface area contributed by atoms with Crippen LogP contribution in [0.5, 0.6) is 5.75 Å². The Morgan fingerprint density at radius 3 is 2.45 bits per heavy atom. The van der Waals surface area contributed by atoms with E-state index in [4.69, 9.17) is 4.74 Å². The van der Waals surface area contributed by atoms with Gasteiger partial charge < -0.3 is 15.0 Å². The lowest BCUT2D eigenvalue weighted by Gasteiger charge is -2.21. The van der Waals surface area contributed by atoms with E-state index in [-0.39, 0.29) is 5.91 Å². The molecule has 2 aromatic rings. The van der Waals surface area contributed by atoms with Crippen LogP contribution in [0.25, 0.3) is 0 Å². The Bertz CT molecular complexity index is 622. The van der Waals surface area contributed by atoms with Crippen molar-refractivity contribution in [2.24, 2.45) is 0 Å². The molecule has 0 aliphatic rings. The van der Waals surface area contributed by atoms with Crippen molar-refractivity contribution in [3.8, 4) is 5.75 Å². The van der Waals surface area contributed by atoms with Crippen molar-refractivity contribution in [2.45, 2.75) is 13.8 Å². The fourth-order valence-corrected chi connectivity index (χ4v) is 2.20. The highest BCUT2D eigenvalue weighted by molar-refractivity contribution is 6.03. The number of aromatic nitrogens is 1. The van der Waals surface area contributed by atoms with E-state index in [1.807, 2.05) is 12.1 Å². The van der Waals surface area contributed by atoms with Crippen LogP contribution in [0.4, 0.5) is 11.4 Å². The molecule has 1 aromatic carbocycles. The van der Waals surface area contributed by atoms with Crippen LogP contribution in [0, 0.1) is 0 Å². The highest BCUT2D eigenvalue weighted by atomic mass is 16.5. The smallest absolute Gasteiger partial charge is 0.274 e. The van der Waals surface area contributed by atoms with Gasteiger partial charge in [0.25, 0.3) is 5.91 Å². The first-order valence-electron chi connectivity index (χ1n) is 7.34. The second-order valence-corrected chi connectivity index (χ2v) is 4.75. The highest BCUT2D eigenvalue weighted by Gasteiger charge is 2.10. The van der Waals surface area contributed by atoms with Crippen molar-refractivity contribution >= 4 is 17.3 Å². The Labute approximate surface area is 130 Å². The molecule has 5 heteroatoms. The quantitative estimate of drug-likeness (QED) is 0.890. The Morgan fingerprint density at radius 1 is 1.18 bits per heavy atom. The van der Waals surface area contributed by atoms with Gasteiger partial charge in [0.15, 0.2) is 0 Å². The molecule has 1 aromatic heterocycles. The van der Waals surface area contributed by atoms with Crippen LogP contribution in [-0.2, 0) is 0 Å². The molecule has 1 heterocycles. The van der Waals surface area contributed by atoms with Crippen LogP contribution in [0.2, 0.25) is 0 Å². The third-order valence-electron chi connectivity index (χ3n) is 3.45. The Hall–Kier alpha value is -2.56. The predicted molar refractivity (Wildman–Crippen MR) is 88.7 cm³/mol. The molecule has 1 amide bonds. The lowest BCUT2D eigenvalue weighted by molar-refractivity contribution is 0.102. The minimum absolute atomic E-state index is 0.223. The fraction of sp³-hybridized carbons (Fsp3) is 0.294. The summed E-state index contributed by atoms with van der Waals surface area (Å²) in [6, 6.07) is 10.9. The first-order chi connectivity index (χ1) is 10.7. The van der Waals surface area contributed by atoms with E-state index in [1.165, 1.54) is 0 Å². The summed E-state index contributed by atoms with van der Waals surface area (Å²) in [5.41, 5.74) is 2.11. The van der Waals surface area contributed by atoms with E-state index >= 15 is 0 Å². The average molecular weight is 299 g/mol. The summed E-state index contributed by atoms with van der Waals surface area (Å²) in [5, 5.41) is 2.84. The van der Waals surface area contributed by atoms with Crippen molar-refractivity contribution in [3.63, 3.8) is 0 Å². The molecule has 1 N–H and O–H groups in total. The Morgan fingerprint density at radius 2 is 1.86 bits per heavy atom. The summed E-state index contributed by atoms with van der Waals surface area (Å²) in [6.07, 6.45) is 1.66. The number of nitrogens with zero attached hydrogens (tertiary/aromatic N) is 2. The summed E-state index contributed by atoms with van der Waals surface area (Å²) >= 11 is 0. The lowest BCUT2D eigenvalue weighted by atomic mass is 10.2. The number of methoxy groups -OCH3 is 1. The highest BCUT2D eigenvalue weighted by Crippen LogP contribution is 2.17. The van der Waals surface area contributed by atoms with E-state index in [2.05, 4.69) is 29.0 Å². The Balaban J connectivity index is 2.13. The molecule has 0 aliphatic carbocycles. The first-order valence-corrected chi connectivity index (χ1v) is 7.34. The van der Waals surface area contributed by atoms with Gasteiger partial charge in [-0.05, 0) is 50.2 Å². The van der Waals surface area contributed by atoms with Gasteiger partial charge >= 0.3 is 0 Å². The monoisotopic (exact) mass is 299 g/mol. The SMILES string of the molecule is CCN(CC)c1ccnc(C(=O)Nc2ccc(OC)cc2)c1.